The Bertz CT molecular complexity index is 191. The Balaban J connectivity index is 2.18. The lowest BCUT2D eigenvalue weighted by atomic mass is 10.5. The van der Waals surface area contributed by atoms with Gasteiger partial charge < -0.3 is 4.57 Å². The SMILES string of the molecule is CC1[CH]C1n1ccnc1. The molecule has 2 rings (SSSR count). The first kappa shape index (κ1) is 5.03. The van der Waals surface area contributed by atoms with Gasteiger partial charge in [-0.25, -0.2) is 4.98 Å². The zero-order valence-corrected chi connectivity index (χ0v) is 5.36. The van der Waals surface area contributed by atoms with Crippen LogP contribution in [0.1, 0.15) is 13.0 Å². The first-order valence-corrected chi connectivity index (χ1v) is 3.20. The van der Waals surface area contributed by atoms with E-state index in [2.05, 4.69) is 22.9 Å². The molecule has 9 heavy (non-hydrogen) atoms. The van der Waals surface area contributed by atoms with E-state index in [9.17, 15) is 0 Å². The Kier molecular flexibility index (Phi) is 0.891. The van der Waals surface area contributed by atoms with Crippen molar-refractivity contribution < 1.29 is 0 Å². The summed E-state index contributed by atoms with van der Waals surface area (Å²) in [7, 11) is 0. The van der Waals surface area contributed by atoms with Gasteiger partial charge in [-0.15, -0.1) is 0 Å². The van der Waals surface area contributed by atoms with Crippen LogP contribution in [0.15, 0.2) is 18.7 Å². The van der Waals surface area contributed by atoms with Crippen LogP contribution < -0.4 is 0 Å². The molecule has 47 valence electrons. The molecule has 2 nitrogen and oxygen atoms in total. The maximum absolute atomic E-state index is 3.96. The molecule has 0 amide bonds. The molecular weight excluding hydrogens is 112 g/mol. The normalized spacial score (nSPS) is 32.6. The van der Waals surface area contributed by atoms with E-state index < -0.39 is 0 Å². The van der Waals surface area contributed by atoms with Gasteiger partial charge >= 0.3 is 0 Å². The predicted molar refractivity (Wildman–Crippen MR) is 34.7 cm³/mol. The standard InChI is InChI=1S/C7H9N2/c1-6-4-7(6)9-3-2-8-5-9/h2-7H,1H3. The van der Waals surface area contributed by atoms with E-state index in [-0.39, 0.29) is 0 Å². The quantitative estimate of drug-likeness (QED) is 0.547. The van der Waals surface area contributed by atoms with Crippen LogP contribution in [-0.4, -0.2) is 9.55 Å². The lowest BCUT2D eigenvalue weighted by Crippen LogP contribution is -1.89. The zero-order valence-electron chi connectivity index (χ0n) is 5.36. The average Bonchev–Trinajstić information content (AvgIpc) is 2.44. The van der Waals surface area contributed by atoms with E-state index in [4.69, 9.17) is 0 Å². The third kappa shape index (κ3) is 0.745. The van der Waals surface area contributed by atoms with Crippen molar-refractivity contribution in [3.05, 3.63) is 25.1 Å². The second-order valence-electron chi connectivity index (χ2n) is 2.55. The van der Waals surface area contributed by atoms with Crippen molar-refractivity contribution in [3.63, 3.8) is 0 Å². The Hall–Kier alpha value is -0.790. The molecule has 1 aromatic heterocycles. The maximum Gasteiger partial charge on any atom is 0.0948 e. The molecule has 0 aromatic carbocycles. The van der Waals surface area contributed by atoms with E-state index in [1.54, 1.807) is 0 Å². The highest BCUT2D eigenvalue weighted by atomic mass is 15.1. The van der Waals surface area contributed by atoms with Crippen LogP contribution in [0.25, 0.3) is 0 Å². The van der Waals surface area contributed by atoms with Gasteiger partial charge in [0, 0.05) is 18.4 Å². The molecule has 2 unspecified atom stereocenters. The summed E-state index contributed by atoms with van der Waals surface area (Å²) in [5.41, 5.74) is 0. The van der Waals surface area contributed by atoms with Gasteiger partial charge in [0.15, 0.2) is 0 Å². The minimum atomic E-state index is 0.632. The summed E-state index contributed by atoms with van der Waals surface area (Å²) in [6.45, 7) is 2.21. The van der Waals surface area contributed by atoms with Gasteiger partial charge in [-0.1, -0.05) is 6.92 Å². The number of nitrogens with zero attached hydrogens (tertiary/aromatic N) is 2. The average molecular weight is 121 g/mol. The maximum atomic E-state index is 3.96. The number of imidazole rings is 1. The van der Waals surface area contributed by atoms with E-state index in [0.29, 0.717) is 6.04 Å². The lowest BCUT2D eigenvalue weighted by Gasteiger charge is -1.94. The summed E-state index contributed by atoms with van der Waals surface area (Å²) in [4.78, 5) is 3.96. The van der Waals surface area contributed by atoms with Crippen LogP contribution in [-0.2, 0) is 0 Å². The van der Waals surface area contributed by atoms with E-state index in [1.165, 1.54) is 0 Å². The van der Waals surface area contributed by atoms with Gasteiger partial charge in [0.2, 0.25) is 0 Å². The highest BCUT2D eigenvalue weighted by Crippen LogP contribution is 2.40. The molecule has 0 spiro atoms. The monoisotopic (exact) mass is 121 g/mol. The molecule has 0 N–H and O–H groups in total. The van der Waals surface area contributed by atoms with E-state index >= 15 is 0 Å². The minimum absolute atomic E-state index is 0.632. The van der Waals surface area contributed by atoms with Crippen molar-refractivity contribution in [1.29, 1.82) is 0 Å². The molecule has 1 aliphatic rings. The molecule has 1 heterocycles. The molecule has 1 fully saturated rings. The largest absolute Gasteiger partial charge is 0.334 e. The summed E-state index contributed by atoms with van der Waals surface area (Å²) in [5.74, 6) is 0.749. The predicted octanol–water partition coefficient (Wildman–Crippen LogP) is 1.28. The first-order chi connectivity index (χ1) is 4.38. The molecule has 0 aliphatic heterocycles. The van der Waals surface area contributed by atoms with E-state index in [1.807, 2.05) is 18.7 Å². The van der Waals surface area contributed by atoms with Crippen molar-refractivity contribution in [3.8, 4) is 0 Å². The Morgan fingerprint density at radius 2 is 2.33 bits per heavy atom. The third-order valence-electron chi connectivity index (χ3n) is 1.77. The smallest absolute Gasteiger partial charge is 0.0948 e. The Morgan fingerprint density at radius 3 is 2.78 bits per heavy atom. The van der Waals surface area contributed by atoms with Crippen molar-refractivity contribution in [2.45, 2.75) is 13.0 Å². The van der Waals surface area contributed by atoms with Crippen LogP contribution in [0.5, 0.6) is 0 Å². The second kappa shape index (κ2) is 1.59. The highest BCUT2D eigenvalue weighted by molar-refractivity contribution is 5.08. The van der Waals surface area contributed by atoms with Crippen molar-refractivity contribution in [1.82, 2.24) is 9.55 Å². The molecule has 0 bridgehead atoms. The molecule has 2 heteroatoms. The summed E-state index contributed by atoms with van der Waals surface area (Å²) >= 11 is 0. The molecule has 1 saturated carbocycles. The van der Waals surface area contributed by atoms with Crippen molar-refractivity contribution in [2.75, 3.05) is 0 Å². The summed E-state index contributed by atoms with van der Waals surface area (Å²) in [6.07, 6.45) is 7.98. The van der Waals surface area contributed by atoms with Crippen LogP contribution in [0, 0.1) is 12.3 Å². The van der Waals surface area contributed by atoms with Gasteiger partial charge in [0.25, 0.3) is 0 Å². The van der Waals surface area contributed by atoms with Gasteiger partial charge in [0.05, 0.1) is 6.33 Å². The minimum Gasteiger partial charge on any atom is -0.334 e. The Labute approximate surface area is 54.5 Å². The molecular formula is C7H9N2. The summed E-state index contributed by atoms with van der Waals surface area (Å²) < 4.78 is 2.13. The highest BCUT2D eigenvalue weighted by Gasteiger charge is 2.34. The van der Waals surface area contributed by atoms with Crippen LogP contribution in [0.2, 0.25) is 0 Å². The molecule has 2 atom stereocenters. The van der Waals surface area contributed by atoms with Gasteiger partial charge in [-0.05, 0) is 12.3 Å². The van der Waals surface area contributed by atoms with Crippen LogP contribution >= 0.6 is 0 Å². The lowest BCUT2D eigenvalue weighted by molar-refractivity contribution is 0.688. The third-order valence-corrected chi connectivity index (χ3v) is 1.77. The van der Waals surface area contributed by atoms with E-state index in [0.717, 1.165) is 5.92 Å². The number of hydrogen-bond donors (Lipinski definition) is 0. The second-order valence-corrected chi connectivity index (χ2v) is 2.55. The van der Waals surface area contributed by atoms with Crippen molar-refractivity contribution >= 4 is 0 Å². The van der Waals surface area contributed by atoms with Gasteiger partial charge in [0.1, 0.15) is 0 Å². The van der Waals surface area contributed by atoms with Crippen LogP contribution in [0.3, 0.4) is 0 Å². The summed E-state index contributed by atoms with van der Waals surface area (Å²) in [6, 6.07) is 0.632. The van der Waals surface area contributed by atoms with Crippen molar-refractivity contribution in [2.24, 2.45) is 5.92 Å². The first-order valence-electron chi connectivity index (χ1n) is 3.20. The summed E-state index contributed by atoms with van der Waals surface area (Å²) in [5, 5.41) is 0. The van der Waals surface area contributed by atoms with Gasteiger partial charge in [-0.2, -0.15) is 0 Å². The Morgan fingerprint density at radius 1 is 1.56 bits per heavy atom. The topological polar surface area (TPSA) is 17.8 Å². The number of hydrogen-bond acceptors (Lipinski definition) is 1. The molecule has 1 radical (unpaired) electrons. The molecule has 0 saturated heterocycles. The number of rotatable bonds is 1. The fraction of sp³-hybridized carbons (Fsp3) is 0.429. The number of aromatic nitrogens is 2. The fourth-order valence-electron chi connectivity index (χ4n) is 1.06. The molecule has 1 aliphatic carbocycles. The van der Waals surface area contributed by atoms with Crippen LogP contribution in [0.4, 0.5) is 0 Å². The van der Waals surface area contributed by atoms with Gasteiger partial charge in [-0.3, -0.25) is 0 Å². The molecule has 1 aromatic rings. The zero-order chi connectivity index (χ0) is 6.27. The fourth-order valence-corrected chi connectivity index (χ4v) is 1.06.